The minimum absolute atomic E-state index is 0. The monoisotopic (exact) mass is 700 g/mol. The van der Waals surface area contributed by atoms with E-state index in [2.05, 4.69) is 116 Å². The quantitative estimate of drug-likeness (QED) is 0.279. The fourth-order valence-electron chi connectivity index (χ4n) is 9.21. The van der Waals surface area contributed by atoms with Crippen molar-refractivity contribution in [2.75, 3.05) is 6.61 Å². The first-order chi connectivity index (χ1) is 22.8. The molecule has 2 nitrogen and oxygen atoms in total. The van der Waals surface area contributed by atoms with Gasteiger partial charge in [0, 0.05) is 36.2 Å². The van der Waals surface area contributed by atoms with E-state index >= 15 is 0 Å². The van der Waals surface area contributed by atoms with Crippen LogP contribution in [0.15, 0.2) is 95.9 Å². The average molecular weight is 701 g/mol. The molecule has 0 N–H and O–H groups in total. The first-order valence-corrected chi connectivity index (χ1v) is 18.8. The molecule has 7 rings (SSSR count). The maximum Gasteiger partial charge on any atom is 0.178 e. The molecular weight excluding hydrogens is 641 g/mol. The largest absolute Gasteiger partial charge is 0.353 e. The van der Waals surface area contributed by atoms with Gasteiger partial charge in [-0.25, -0.2) is 0 Å². The van der Waals surface area contributed by atoms with Crippen molar-refractivity contribution in [3.63, 3.8) is 0 Å². The molecule has 2 unspecified atom stereocenters. The van der Waals surface area contributed by atoms with Crippen molar-refractivity contribution in [3.05, 3.63) is 113 Å². The van der Waals surface area contributed by atoms with Gasteiger partial charge in [0.15, 0.2) is 19.7 Å². The van der Waals surface area contributed by atoms with Crippen molar-refractivity contribution in [2.24, 2.45) is 21.7 Å². The minimum atomic E-state index is -0.115. The summed E-state index contributed by atoms with van der Waals surface area (Å²) in [4.78, 5) is 0. The van der Waals surface area contributed by atoms with E-state index in [0.717, 1.165) is 25.9 Å². The van der Waals surface area contributed by atoms with Gasteiger partial charge in [0.2, 0.25) is 0 Å². The van der Waals surface area contributed by atoms with Crippen molar-refractivity contribution in [1.82, 2.24) is 0 Å². The molecular formula is C44H59B2CoO2. The van der Waals surface area contributed by atoms with E-state index in [4.69, 9.17) is 9.47 Å². The molecule has 2 aromatic rings. The summed E-state index contributed by atoms with van der Waals surface area (Å²) >= 11 is 0. The number of hydrogen-bond acceptors (Lipinski definition) is 2. The Hall–Kier alpha value is -2.04. The number of hydrogen-bond donors (Lipinski definition) is 0. The van der Waals surface area contributed by atoms with Crippen LogP contribution in [0.4, 0.5) is 0 Å². The third-order valence-corrected chi connectivity index (χ3v) is 13.4. The summed E-state index contributed by atoms with van der Waals surface area (Å²) in [6.07, 6.45) is 19.0. The zero-order valence-electron chi connectivity index (χ0n) is 31.5. The Labute approximate surface area is 310 Å². The molecule has 3 aliphatic heterocycles. The second-order valence-corrected chi connectivity index (χ2v) is 17.8. The van der Waals surface area contributed by atoms with Crippen molar-refractivity contribution >= 4 is 24.6 Å². The van der Waals surface area contributed by atoms with Crippen molar-refractivity contribution < 1.29 is 26.3 Å². The molecule has 0 aromatic heterocycles. The van der Waals surface area contributed by atoms with Crippen LogP contribution in [0.2, 0.25) is 25.3 Å². The summed E-state index contributed by atoms with van der Waals surface area (Å²) in [5.41, 5.74) is 9.97. The molecule has 3 heterocycles. The predicted octanol–water partition coefficient (Wildman–Crippen LogP) is 11.7. The van der Waals surface area contributed by atoms with Crippen molar-refractivity contribution in [1.29, 1.82) is 0 Å². The normalized spacial score (nSPS) is 26.4. The van der Waals surface area contributed by atoms with Crippen LogP contribution >= 0.6 is 0 Å². The fourth-order valence-corrected chi connectivity index (χ4v) is 9.21. The Morgan fingerprint density at radius 2 is 1.14 bits per heavy atom. The SMILES string of the molecule is CC1(C)CB(C2=C(c3ccccc3)CC(OC3CCCCO3)C(B3CC(C)(C)C(C)(C)C3)=C2c2ccccc2)CC1(C)C.[CH]1C=CC=C1.[Co]. The van der Waals surface area contributed by atoms with E-state index in [0.29, 0.717) is 13.4 Å². The van der Waals surface area contributed by atoms with Crippen LogP contribution in [0, 0.1) is 28.1 Å². The van der Waals surface area contributed by atoms with Gasteiger partial charge >= 0.3 is 0 Å². The fraction of sp³-hybridized carbons (Fsp3) is 0.523. The smallest absolute Gasteiger partial charge is 0.178 e. The Morgan fingerprint density at radius 1 is 0.633 bits per heavy atom. The zero-order chi connectivity index (χ0) is 34.2. The topological polar surface area (TPSA) is 18.5 Å². The Bertz CT molecular complexity index is 1500. The average Bonchev–Trinajstić information content (AvgIpc) is 3.76. The van der Waals surface area contributed by atoms with Crippen LogP contribution in [0.3, 0.4) is 0 Å². The maximum atomic E-state index is 7.18. The van der Waals surface area contributed by atoms with Gasteiger partial charge in [0.05, 0.1) is 6.10 Å². The summed E-state index contributed by atoms with van der Waals surface area (Å²) < 4.78 is 13.5. The Balaban J connectivity index is 0.000000717. The van der Waals surface area contributed by atoms with Gasteiger partial charge in [0.1, 0.15) is 0 Å². The van der Waals surface area contributed by atoms with Gasteiger partial charge in [-0.05, 0) is 63.2 Å². The van der Waals surface area contributed by atoms with Crippen LogP contribution in [0.5, 0.6) is 0 Å². The van der Waals surface area contributed by atoms with E-state index in [1.165, 1.54) is 54.0 Å². The van der Waals surface area contributed by atoms with Crippen LogP contribution in [-0.2, 0) is 26.3 Å². The molecule has 2 radical (unpaired) electrons. The summed E-state index contributed by atoms with van der Waals surface area (Å²) in [5.74, 6) is 0. The molecule has 2 aliphatic carbocycles. The van der Waals surface area contributed by atoms with Crippen LogP contribution < -0.4 is 0 Å². The molecule has 5 heteroatoms. The second kappa shape index (κ2) is 15.3. The van der Waals surface area contributed by atoms with Crippen molar-refractivity contribution in [2.45, 2.75) is 119 Å². The molecule has 0 spiro atoms. The molecule has 0 saturated carbocycles. The van der Waals surface area contributed by atoms with Gasteiger partial charge in [0.25, 0.3) is 0 Å². The number of rotatable bonds is 6. The molecule has 3 fully saturated rings. The van der Waals surface area contributed by atoms with Gasteiger partial charge in [-0.1, -0.05) is 177 Å². The Morgan fingerprint density at radius 3 is 1.61 bits per heavy atom. The van der Waals surface area contributed by atoms with Crippen LogP contribution in [0.25, 0.3) is 11.1 Å². The molecule has 0 bridgehead atoms. The van der Waals surface area contributed by atoms with Crippen LogP contribution in [-0.4, -0.2) is 32.4 Å². The summed E-state index contributed by atoms with van der Waals surface area (Å²) in [5, 5.41) is 0. The number of allylic oxidation sites excluding steroid dienone is 6. The van der Waals surface area contributed by atoms with Crippen molar-refractivity contribution in [3.8, 4) is 0 Å². The van der Waals surface area contributed by atoms with Crippen LogP contribution in [0.1, 0.15) is 92.2 Å². The van der Waals surface area contributed by atoms with E-state index in [9.17, 15) is 0 Å². The summed E-state index contributed by atoms with van der Waals surface area (Å²) in [6.45, 7) is 21.8. The zero-order valence-corrected chi connectivity index (χ0v) is 32.5. The number of benzene rings is 2. The standard InChI is InChI=1S/C39H54B2O2.C5H5.Co/c1-36(2)24-40(25-37(36,3)4)34-30(28-17-11-9-12-18-28)23-31(43-32-21-15-16-22-42-32)35(33(34)29-19-13-10-14-20-29)41-26-38(5,6)39(7,8)27-41;1-2-4-5-3-1;/h9-14,17-20,31-32H,15-16,21-27H2,1-8H3;1-5H;. The van der Waals surface area contributed by atoms with Gasteiger partial charge < -0.3 is 9.47 Å². The van der Waals surface area contributed by atoms with E-state index in [1.54, 1.807) is 10.9 Å². The number of ether oxygens (including phenoxy) is 2. The third kappa shape index (κ3) is 8.06. The van der Waals surface area contributed by atoms with E-state index < -0.39 is 0 Å². The molecule has 2 aromatic carbocycles. The molecule has 262 valence electrons. The Kier molecular flexibility index (Phi) is 11.9. The van der Waals surface area contributed by atoms with E-state index in [1.807, 2.05) is 30.7 Å². The predicted molar refractivity (Wildman–Crippen MR) is 208 cm³/mol. The molecule has 49 heavy (non-hydrogen) atoms. The van der Waals surface area contributed by atoms with Gasteiger partial charge in [-0.15, -0.1) is 0 Å². The first-order valence-electron chi connectivity index (χ1n) is 18.8. The second-order valence-electron chi connectivity index (χ2n) is 17.8. The van der Waals surface area contributed by atoms with E-state index in [-0.39, 0.29) is 50.8 Å². The third-order valence-electron chi connectivity index (χ3n) is 13.4. The molecule has 3 saturated heterocycles. The maximum absolute atomic E-state index is 7.18. The molecule has 5 aliphatic rings. The van der Waals surface area contributed by atoms with Gasteiger partial charge in [-0.2, -0.15) is 0 Å². The molecule has 2 atom stereocenters. The summed E-state index contributed by atoms with van der Waals surface area (Å²) in [7, 11) is 0. The first kappa shape index (κ1) is 38.2. The van der Waals surface area contributed by atoms with Gasteiger partial charge in [-0.3, -0.25) is 0 Å². The molecule has 0 amide bonds. The minimum Gasteiger partial charge on any atom is -0.353 e. The summed E-state index contributed by atoms with van der Waals surface area (Å²) in [6, 6.07) is 22.6.